The van der Waals surface area contributed by atoms with Crippen molar-refractivity contribution in [3.8, 4) is 28.8 Å². The third-order valence-corrected chi connectivity index (χ3v) is 3.95. The molecule has 0 atom stereocenters. The maximum Gasteiger partial charge on any atom is 0.490 e. The molecule has 0 amide bonds. The number of aromatic amines is 1. The van der Waals surface area contributed by atoms with Gasteiger partial charge in [0.2, 0.25) is 0 Å². The highest BCUT2D eigenvalue weighted by Gasteiger charge is 2.38. The molecule has 0 aliphatic carbocycles. The summed E-state index contributed by atoms with van der Waals surface area (Å²) in [7, 11) is 0. The molecular weight excluding hydrogens is 415 g/mol. The summed E-state index contributed by atoms with van der Waals surface area (Å²) < 4.78 is 38.9. The van der Waals surface area contributed by atoms with E-state index in [4.69, 9.17) is 19.9 Å². The Morgan fingerprint density at radius 1 is 1.26 bits per heavy atom. The summed E-state index contributed by atoms with van der Waals surface area (Å²) in [5.74, 6) is -2.10. The molecule has 3 heterocycles. The number of hydrogen-bond acceptors (Lipinski definition) is 5. The number of ether oxygens (including phenoxy) is 1. The number of nitrogens with zero attached hydrogens (tertiary/aromatic N) is 4. The van der Waals surface area contributed by atoms with Crippen LogP contribution in [0.1, 0.15) is 0 Å². The monoisotopic (exact) mass is 429 g/mol. The summed E-state index contributed by atoms with van der Waals surface area (Å²) in [6.45, 7) is 0.0282. The van der Waals surface area contributed by atoms with Gasteiger partial charge in [-0.3, -0.25) is 0 Å². The Bertz CT molecular complexity index is 1240. The zero-order valence-corrected chi connectivity index (χ0v) is 15.7. The minimum absolute atomic E-state index is 0.0282. The Labute approximate surface area is 173 Å². The first-order valence-corrected chi connectivity index (χ1v) is 8.68. The minimum atomic E-state index is -5.08. The van der Waals surface area contributed by atoms with Crippen molar-refractivity contribution in [1.29, 1.82) is 5.26 Å². The zero-order valence-electron chi connectivity index (χ0n) is 15.7. The molecule has 4 rings (SSSR count). The number of hydrogen-bond donors (Lipinski definition) is 2. The highest BCUT2D eigenvalue weighted by Crippen LogP contribution is 2.25. The molecule has 0 aliphatic heterocycles. The molecule has 3 aromatic heterocycles. The van der Waals surface area contributed by atoms with Crippen molar-refractivity contribution < 1.29 is 27.8 Å². The van der Waals surface area contributed by atoms with Crippen LogP contribution >= 0.6 is 0 Å². The van der Waals surface area contributed by atoms with E-state index in [0.29, 0.717) is 5.75 Å². The standard InChI is InChI=1S/C18H13N5O.C2HF3O2/c19-7-11-24-14-3-1-2-13(12-14)16-6-10-23(22-16)17-5-9-21-18-15(17)4-8-20-18;3-2(4,5)1(6)7/h1-6,8-10,12H,11H2,(H,20,21);(H,6,7). The number of fused-ring (bicyclic) bond motifs is 1. The number of pyridine rings is 1. The van der Waals surface area contributed by atoms with Crippen molar-refractivity contribution in [2.45, 2.75) is 6.18 Å². The Morgan fingerprint density at radius 2 is 2.03 bits per heavy atom. The molecular formula is C20H14F3N5O3. The first kappa shape index (κ1) is 21.4. The number of carboxylic acid groups (broad SMARTS) is 1. The number of rotatable bonds is 4. The van der Waals surface area contributed by atoms with E-state index in [9.17, 15) is 13.2 Å². The summed E-state index contributed by atoms with van der Waals surface area (Å²) >= 11 is 0. The predicted molar refractivity (Wildman–Crippen MR) is 103 cm³/mol. The van der Waals surface area contributed by atoms with Crippen molar-refractivity contribution in [2.24, 2.45) is 0 Å². The van der Waals surface area contributed by atoms with Crippen LogP contribution in [0.15, 0.2) is 61.1 Å². The number of carbonyl (C=O) groups is 1. The molecule has 0 spiro atoms. The van der Waals surface area contributed by atoms with E-state index in [1.807, 2.05) is 65.6 Å². The number of benzene rings is 1. The van der Waals surface area contributed by atoms with E-state index in [2.05, 4.69) is 15.1 Å². The molecule has 0 bridgehead atoms. The third-order valence-electron chi connectivity index (χ3n) is 3.95. The number of carboxylic acids is 1. The van der Waals surface area contributed by atoms with Gasteiger partial charge in [-0.05, 0) is 30.3 Å². The molecule has 2 N–H and O–H groups in total. The first-order valence-electron chi connectivity index (χ1n) is 8.68. The SMILES string of the molecule is N#CCOc1cccc(-c2ccn(-c3ccnc4[nH]ccc34)n2)c1.O=C(O)C(F)(F)F. The maximum absolute atomic E-state index is 10.6. The summed E-state index contributed by atoms with van der Waals surface area (Å²) in [5.41, 5.74) is 3.56. The molecule has 4 aromatic rings. The molecule has 0 saturated heterocycles. The van der Waals surface area contributed by atoms with Crippen LogP contribution in [-0.4, -0.2) is 43.6 Å². The zero-order chi connectivity index (χ0) is 22.4. The second-order valence-corrected chi connectivity index (χ2v) is 5.99. The van der Waals surface area contributed by atoms with Gasteiger partial charge in [0.05, 0.1) is 11.4 Å². The van der Waals surface area contributed by atoms with Crippen LogP contribution < -0.4 is 4.74 Å². The Hall–Kier alpha value is -4.33. The van der Waals surface area contributed by atoms with E-state index in [1.54, 1.807) is 6.20 Å². The van der Waals surface area contributed by atoms with Gasteiger partial charge < -0.3 is 14.8 Å². The lowest BCUT2D eigenvalue weighted by atomic mass is 10.1. The van der Waals surface area contributed by atoms with E-state index in [-0.39, 0.29) is 6.61 Å². The largest absolute Gasteiger partial charge is 0.490 e. The van der Waals surface area contributed by atoms with Gasteiger partial charge in [-0.25, -0.2) is 14.5 Å². The molecule has 0 radical (unpaired) electrons. The van der Waals surface area contributed by atoms with Crippen LogP contribution in [0.3, 0.4) is 0 Å². The molecule has 11 heteroatoms. The molecule has 0 unspecified atom stereocenters. The fraction of sp³-hybridized carbons (Fsp3) is 0.100. The Balaban J connectivity index is 0.000000339. The van der Waals surface area contributed by atoms with E-state index < -0.39 is 12.1 Å². The number of H-pyrrole nitrogens is 1. The average molecular weight is 429 g/mol. The van der Waals surface area contributed by atoms with Crippen LogP contribution in [0.5, 0.6) is 5.75 Å². The van der Waals surface area contributed by atoms with Crippen LogP contribution in [0, 0.1) is 11.3 Å². The quantitative estimate of drug-likeness (QED) is 0.507. The number of alkyl halides is 3. The minimum Gasteiger partial charge on any atom is -0.479 e. The van der Waals surface area contributed by atoms with Gasteiger partial charge in [-0.2, -0.15) is 23.5 Å². The molecule has 0 aliphatic rings. The lowest BCUT2D eigenvalue weighted by molar-refractivity contribution is -0.192. The smallest absolute Gasteiger partial charge is 0.479 e. The van der Waals surface area contributed by atoms with Crippen LogP contribution in [0.25, 0.3) is 28.0 Å². The second-order valence-electron chi connectivity index (χ2n) is 5.99. The fourth-order valence-corrected chi connectivity index (χ4v) is 2.62. The summed E-state index contributed by atoms with van der Waals surface area (Å²) in [6.07, 6.45) is 0.452. The van der Waals surface area contributed by atoms with E-state index in [1.165, 1.54) is 0 Å². The van der Waals surface area contributed by atoms with Gasteiger partial charge in [0.1, 0.15) is 17.5 Å². The van der Waals surface area contributed by atoms with Gasteiger partial charge in [0.25, 0.3) is 0 Å². The lowest BCUT2D eigenvalue weighted by Crippen LogP contribution is -2.21. The number of aliphatic carboxylic acids is 1. The molecule has 158 valence electrons. The summed E-state index contributed by atoms with van der Waals surface area (Å²) in [6, 6.07) is 15.4. The number of nitrogens with one attached hydrogen (secondary N) is 1. The molecule has 8 nitrogen and oxygen atoms in total. The number of aromatic nitrogens is 4. The normalized spacial score (nSPS) is 10.8. The van der Waals surface area contributed by atoms with Gasteiger partial charge in [0.15, 0.2) is 6.61 Å². The Kier molecular flexibility index (Phi) is 6.21. The van der Waals surface area contributed by atoms with Crippen molar-refractivity contribution in [2.75, 3.05) is 6.61 Å². The van der Waals surface area contributed by atoms with Crippen LogP contribution in [0.2, 0.25) is 0 Å². The van der Waals surface area contributed by atoms with E-state index >= 15 is 0 Å². The van der Waals surface area contributed by atoms with E-state index in [0.717, 1.165) is 28.0 Å². The molecule has 31 heavy (non-hydrogen) atoms. The third kappa shape index (κ3) is 5.18. The second kappa shape index (κ2) is 9.00. The van der Waals surface area contributed by atoms with Gasteiger partial charge >= 0.3 is 12.1 Å². The highest BCUT2D eigenvalue weighted by atomic mass is 19.4. The number of halogens is 3. The van der Waals surface area contributed by atoms with Crippen LogP contribution in [-0.2, 0) is 4.79 Å². The predicted octanol–water partition coefficient (Wildman–Crippen LogP) is 3.95. The molecule has 0 saturated carbocycles. The summed E-state index contributed by atoms with van der Waals surface area (Å²) in [4.78, 5) is 16.3. The van der Waals surface area contributed by atoms with Gasteiger partial charge in [-0.15, -0.1) is 0 Å². The van der Waals surface area contributed by atoms with Gasteiger partial charge in [-0.1, -0.05) is 12.1 Å². The van der Waals surface area contributed by atoms with Gasteiger partial charge in [0, 0.05) is 29.5 Å². The van der Waals surface area contributed by atoms with Crippen molar-refractivity contribution in [3.63, 3.8) is 0 Å². The van der Waals surface area contributed by atoms with Crippen LogP contribution in [0.4, 0.5) is 13.2 Å². The van der Waals surface area contributed by atoms with Crippen molar-refractivity contribution in [1.82, 2.24) is 19.7 Å². The topological polar surface area (TPSA) is 117 Å². The Morgan fingerprint density at radius 3 is 2.74 bits per heavy atom. The summed E-state index contributed by atoms with van der Waals surface area (Å²) in [5, 5.41) is 21.4. The first-order chi connectivity index (χ1) is 14.8. The maximum atomic E-state index is 10.6. The van der Waals surface area contributed by atoms with Crippen molar-refractivity contribution >= 4 is 17.0 Å². The molecule has 0 fully saturated rings. The number of nitriles is 1. The lowest BCUT2D eigenvalue weighted by Gasteiger charge is -2.04. The van der Waals surface area contributed by atoms with Crippen molar-refractivity contribution in [3.05, 3.63) is 61.1 Å². The fourth-order valence-electron chi connectivity index (χ4n) is 2.62. The average Bonchev–Trinajstić information content (AvgIpc) is 3.41. The molecule has 1 aromatic carbocycles. The highest BCUT2D eigenvalue weighted by molar-refractivity contribution is 5.84.